The van der Waals surface area contributed by atoms with E-state index in [-0.39, 0.29) is 39.8 Å². The van der Waals surface area contributed by atoms with Gasteiger partial charge in [0, 0.05) is 30.6 Å². The van der Waals surface area contributed by atoms with E-state index in [0.29, 0.717) is 42.9 Å². The topological polar surface area (TPSA) is 126 Å². The lowest BCUT2D eigenvalue weighted by Gasteiger charge is -2.21. The summed E-state index contributed by atoms with van der Waals surface area (Å²) in [7, 11) is -4.32. The lowest BCUT2D eigenvalue weighted by atomic mass is 9.98. The van der Waals surface area contributed by atoms with E-state index < -0.39 is 21.8 Å². The molecule has 3 aromatic rings. The van der Waals surface area contributed by atoms with Crippen LogP contribution in [0.3, 0.4) is 0 Å². The molecule has 0 unspecified atom stereocenters. The van der Waals surface area contributed by atoms with Gasteiger partial charge in [-0.1, -0.05) is 12.2 Å². The molecule has 186 valence electrons. The minimum absolute atomic E-state index is 0.00133. The smallest absolute Gasteiger partial charge is 0.341 e. The van der Waals surface area contributed by atoms with Crippen LogP contribution in [0.4, 0.5) is 10.1 Å². The van der Waals surface area contributed by atoms with Gasteiger partial charge in [0.25, 0.3) is 10.0 Å². The number of hydrogen-bond acceptors (Lipinski definition) is 7. The summed E-state index contributed by atoms with van der Waals surface area (Å²) >= 11 is 0. The van der Waals surface area contributed by atoms with E-state index >= 15 is 0 Å². The Morgan fingerprint density at radius 1 is 1.19 bits per heavy atom. The van der Waals surface area contributed by atoms with Crippen LogP contribution in [0, 0.1) is 5.82 Å². The molecular weight excluding hydrogens is 491 g/mol. The van der Waals surface area contributed by atoms with Gasteiger partial charge in [0.2, 0.25) is 0 Å². The molecule has 0 bridgehead atoms. The Hall–Kier alpha value is -3.96. The number of nitrogens with zero attached hydrogens (tertiary/aromatic N) is 1. The molecule has 0 saturated carbocycles. The standard InChI is InChI=1S/C25H21FN2O7S/c26-16-3-6-22(15(12-16)2-1-9-28-10-7-17(29)13-28)36(32,33)27-20-5-4-19-18-8-11-34-21(18)14-35-24(19)23(20)25(30)31/h1-6,8,11-12,27H,7,9-10,13-14H2,(H,30,31)/b2-1-. The Kier molecular flexibility index (Phi) is 6.10. The zero-order valence-electron chi connectivity index (χ0n) is 18.9. The van der Waals surface area contributed by atoms with Crippen molar-refractivity contribution >= 4 is 33.5 Å². The highest BCUT2D eigenvalue weighted by Gasteiger charge is 2.30. The third-order valence-electron chi connectivity index (χ3n) is 6.03. The quantitative estimate of drug-likeness (QED) is 0.490. The number of ether oxygens (including phenoxy) is 1. The van der Waals surface area contributed by atoms with Crippen LogP contribution in [-0.2, 0) is 21.4 Å². The minimum atomic E-state index is -4.32. The maximum absolute atomic E-state index is 14.0. The second kappa shape index (κ2) is 9.25. The fourth-order valence-corrected chi connectivity index (χ4v) is 5.60. The largest absolute Gasteiger partial charge is 0.484 e. The number of hydrogen-bond donors (Lipinski definition) is 2. The van der Waals surface area contributed by atoms with E-state index in [9.17, 15) is 27.5 Å². The van der Waals surface area contributed by atoms with Crippen molar-refractivity contribution < 1.29 is 36.7 Å². The second-order valence-electron chi connectivity index (χ2n) is 8.43. The normalized spacial score (nSPS) is 15.5. The van der Waals surface area contributed by atoms with E-state index in [0.717, 1.165) is 18.2 Å². The van der Waals surface area contributed by atoms with Crippen LogP contribution in [0.5, 0.6) is 5.75 Å². The van der Waals surface area contributed by atoms with Crippen molar-refractivity contribution in [1.29, 1.82) is 0 Å². The molecule has 5 rings (SSSR count). The average Bonchev–Trinajstić information content (AvgIpc) is 3.47. The molecule has 1 fully saturated rings. The molecule has 0 radical (unpaired) electrons. The first-order valence-electron chi connectivity index (χ1n) is 11.1. The molecule has 3 heterocycles. The number of benzene rings is 2. The Balaban J connectivity index is 1.48. The number of rotatable bonds is 7. The van der Waals surface area contributed by atoms with Gasteiger partial charge < -0.3 is 14.3 Å². The Morgan fingerprint density at radius 2 is 2.03 bits per heavy atom. The minimum Gasteiger partial charge on any atom is -0.484 e. The van der Waals surface area contributed by atoms with Gasteiger partial charge >= 0.3 is 5.97 Å². The van der Waals surface area contributed by atoms with Gasteiger partial charge in [-0.05, 0) is 42.0 Å². The maximum Gasteiger partial charge on any atom is 0.341 e. The van der Waals surface area contributed by atoms with E-state index in [1.165, 1.54) is 18.4 Å². The number of anilines is 1. The van der Waals surface area contributed by atoms with E-state index in [1.54, 1.807) is 18.2 Å². The van der Waals surface area contributed by atoms with Gasteiger partial charge in [-0.2, -0.15) is 0 Å². The molecule has 0 atom stereocenters. The Labute approximate surface area is 205 Å². The number of sulfonamides is 1. The van der Waals surface area contributed by atoms with Gasteiger partial charge in [-0.15, -0.1) is 0 Å². The fraction of sp³-hybridized carbons (Fsp3) is 0.200. The Bertz CT molecular complexity index is 1510. The summed E-state index contributed by atoms with van der Waals surface area (Å²) in [6.07, 6.45) is 5.06. The number of carbonyl (C=O) groups excluding carboxylic acids is 1. The molecule has 2 aromatic carbocycles. The molecule has 2 aliphatic heterocycles. The fourth-order valence-electron chi connectivity index (χ4n) is 4.34. The number of likely N-dealkylation sites (tertiary alicyclic amines) is 1. The molecule has 1 saturated heterocycles. The highest BCUT2D eigenvalue weighted by Crippen LogP contribution is 2.43. The van der Waals surface area contributed by atoms with E-state index in [1.807, 2.05) is 4.90 Å². The number of carboxylic acids is 1. The molecule has 2 aliphatic rings. The molecule has 9 nitrogen and oxygen atoms in total. The predicted octanol–water partition coefficient (Wildman–Crippen LogP) is 3.77. The van der Waals surface area contributed by atoms with Gasteiger partial charge in [0.15, 0.2) is 0 Å². The van der Waals surface area contributed by atoms with Crippen LogP contribution < -0.4 is 9.46 Å². The van der Waals surface area contributed by atoms with Crippen molar-refractivity contribution in [2.75, 3.05) is 24.4 Å². The third-order valence-corrected chi connectivity index (χ3v) is 7.47. The second-order valence-corrected chi connectivity index (χ2v) is 10.1. The van der Waals surface area contributed by atoms with Crippen molar-refractivity contribution in [3.05, 3.63) is 71.4 Å². The SMILES string of the molecule is O=C1CCN(C/C=C\c2cc(F)ccc2S(=O)(=O)Nc2ccc3c(c2C(=O)O)OCc2occc2-3)C1. The molecule has 0 spiro atoms. The van der Waals surface area contributed by atoms with Crippen molar-refractivity contribution in [2.45, 2.75) is 17.9 Å². The first-order chi connectivity index (χ1) is 17.2. The van der Waals surface area contributed by atoms with Crippen LogP contribution >= 0.6 is 0 Å². The number of aromatic carboxylic acids is 1. The summed E-state index contributed by atoms with van der Waals surface area (Å²) in [6.45, 7) is 1.33. The summed E-state index contributed by atoms with van der Waals surface area (Å²) in [5.74, 6) is -1.32. The molecule has 36 heavy (non-hydrogen) atoms. The highest BCUT2D eigenvalue weighted by atomic mass is 32.2. The zero-order chi connectivity index (χ0) is 25.4. The maximum atomic E-state index is 14.0. The predicted molar refractivity (Wildman–Crippen MR) is 128 cm³/mol. The Morgan fingerprint density at radius 3 is 2.78 bits per heavy atom. The van der Waals surface area contributed by atoms with E-state index in [4.69, 9.17) is 9.15 Å². The number of furan rings is 1. The molecular formula is C25H21FN2O7S. The summed E-state index contributed by atoms with van der Waals surface area (Å²) in [5, 5.41) is 9.89. The lowest BCUT2D eigenvalue weighted by Crippen LogP contribution is -2.20. The molecule has 0 aliphatic carbocycles. The molecule has 1 aromatic heterocycles. The number of carboxylic acid groups (broad SMARTS) is 1. The van der Waals surface area contributed by atoms with Crippen LogP contribution in [-0.4, -0.2) is 49.8 Å². The lowest BCUT2D eigenvalue weighted by molar-refractivity contribution is -0.116. The van der Waals surface area contributed by atoms with Gasteiger partial charge in [-0.3, -0.25) is 14.4 Å². The summed E-state index contributed by atoms with van der Waals surface area (Å²) < 4.78 is 53.9. The van der Waals surface area contributed by atoms with Crippen LogP contribution in [0.1, 0.15) is 28.1 Å². The monoisotopic (exact) mass is 512 g/mol. The number of nitrogens with one attached hydrogen (secondary N) is 1. The molecule has 2 N–H and O–H groups in total. The number of ketones is 1. The summed E-state index contributed by atoms with van der Waals surface area (Å²) in [4.78, 5) is 25.2. The van der Waals surface area contributed by atoms with Crippen LogP contribution in [0.2, 0.25) is 0 Å². The number of Topliss-reactive ketones (excluding diaryl/α,β-unsaturated/α-hetero) is 1. The highest BCUT2D eigenvalue weighted by molar-refractivity contribution is 7.92. The number of fused-ring (bicyclic) bond motifs is 3. The van der Waals surface area contributed by atoms with Crippen LogP contribution in [0.15, 0.2) is 58.1 Å². The molecule has 11 heteroatoms. The summed E-state index contributed by atoms with van der Waals surface area (Å²) in [5.41, 5.74) is 0.681. The summed E-state index contributed by atoms with van der Waals surface area (Å²) in [6, 6.07) is 7.78. The van der Waals surface area contributed by atoms with Gasteiger partial charge in [-0.25, -0.2) is 17.6 Å². The van der Waals surface area contributed by atoms with Crippen molar-refractivity contribution in [1.82, 2.24) is 4.90 Å². The number of carbonyl (C=O) groups is 2. The van der Waals surface area contributed by atoms with Crippen molar-refractivity contribution in [2.24, 2.45) is 0 Å². The van der Waals surface area contributed by atoms with Crippen molar-refractivity contribution in [3.63, 3.8) is 0 Å². The first kappa shape index (κ1) is 23.8. The van der Waals surface area contributed by atoms with Gasteiger partial charge in [0.1, 0.15) is 35.3 Å². The molecule has 0 amide bonds. The number of halogens is 1. The van der Waals surface area contributed by atoms with Gasteiger partial charge in [0.05, 0.1) is 23.4 Å². The zero-order valence-corrected chi connectivity index (χ0v) is 19.7. The van der Waals surface area contributed by atoms with Crippen LogP contribution in [0.25, 0.3) is 17.2 Å². The van der Waals surface area contributed by atoms with E-state index in [2.05, 4.69) is 4.72 Å². The van der Waals surface area contributed by atoms with Crippen molar-refractivity contribution in [3.8, 4) is 16.9 Å². The third kappa shape index (κ3) is 4.50. The average molecular weight is 513 g/mol. The first-order valence-corrected chi connectivity index (χ1v) is 12.5.